The van der Waals surface area contributed by atoms with Gasteiger partial charge in [-0.25, -0.2) is 0 Å². The van der Waals surface area contributed by atoms with Gasteiger partial charge in [0.15, 0.2) is 18.1 Å². The van der Waals surface area contributed by atoms with Crippen molar-refractivity contribution in [3.8, 4) is 22.1 Å². The van der Waals surface area contributed by atoms with Crippen molar-refractivity contribution in [1.82, 2.24) is 5.32 Å². The maximum Gasteiger partial charge on any atom is 0.258 e. The quantitative estimate of drug-likeness (QED) is 0.710. The lowest BCUT2D eigenvalue weighted by molar-refractivity contribution is -0.123. The summed E-state index contributed by atoms with van der Waals surface area (Å²) >= 11 is 1.61. The van der Waals surface area contributed by atoms with E-state index in [-0.39, 0.29) is 12.5 Å². The molecular weight excluding hydrogens is 326 g/mol. The third kappa shape index (κ3) is 3.97. The number of thiophene rings is 1. The Labute approximate surface area is 143 Å². The van der Waals surface area contributed by atoms with E-state index in [4.69, 9.17) is 13.9 Å². The van der Waals surface area contributed by atoms with Crippen LogP contribution in [0.25, 0.3) is 10.6 Å². The predicted molar refractivity (Wildman–Crippen MR) is 92.4 cm³/mol. The van der Waals surface area contributed by atoms with E-state index in [2.05, 4.69) is 5.32 Å². The van der Waals surface area contributed by atoms with Gasteiger partial charge >= 0.3 is 0 Å². The maximum absolute atomic E-state index is 11.9. The van der Waals surface area contributed by atoms with E-state index in [1.807, 2.05) is 41.8 Å². The highest BCUT2D eigenvalue weighted by molar-refractivity contribution is 7.13. The average molecular weight is 343 g/mol. The van der Waals surface area contributed by atoms with Gasteiger partial charge in [0.25, 0.3) is 5.91 Å². The van der Waals surface area contributed by atoms with Crippen LogP contribution in [0.3, 0.4) is 0 Å². The van der Waals surface area contributed by atoms with Crippen molar-refractivity contribution in [3.63, 3.8) is 0 Å². The van der Waals surface area contributed by atoms with Crippen molar-refractivity contribution < 1.29 is 18.7 Å². The number of carbonyl (C=O) groups is 1. The van der Waals surface area contributed by atoms with Gasteiger partial charge in [-0.2, -0.15) is 0 Å². The first-order chi connectivity index (χ1) is 11.8. The highest BCUT2D eigenvalue weighted by Gasteiger charge is 2.09. The van der Waals surface area contributed by atoms with Gasteiger partial charge in [0.2, 0.25) is 0 Å². The first kappa shape index (κ1) is 16.1. The fraction of sp³-hybridized carbons (Fsp3) is 0.167. The number of nitrogens with one attached hydrogen (secondary N) is 1. The standard InChI is InChI=1S/C18H17NO4S/c1-21-14-5-2-3-6-15(14)22-12-18(20)19-11-13-8-9-16(23-13)17-7-4-10-24-17/h2-10H,11-12H2,1H3,(H,19,20). The summed E-state index contributed by atoms with van der Waals surface area (Å²) in [6, 6.07) is 14.9. The summed E-state index contributed by atoms with van der Waals surface area (Å²) in [6.45, 7) is 0.234. The van der Waals surface area contributed by atoms with Gasteiger partial charge in [0, 0.05) is 0 Å². The summed E-state index contributed by atoms with van der Waals surface area (Å²) in [6.07, 6.45) is 0. The molecule has 0 atom stereocenters. The Balaban J connectivity index is 1.49. The lowest BCUT2D eigenvalue weighted by atomic mass is 10.3. The van der Waals surface area contributed by atoms with E-state index in [1.165, 1.54) is 0 Å². The van der Waals surface area contributed by atoms with E-state index in [0.29, 0.717) is 23.8 Å². The second-order valence-electron chi connectivity index (χ2n) is 4.96. The molecule has 0 radical (unpaired) electrons. The molecule has 0 spiro atoms. The molecule has 0 bridgehead atoms. The molecule has 5 nitrogen and oxygen atoms in total. The minimum absolute atomic E-state index is 0.0845. The van der Waals surface area contributed by atoms with Crippen molar-refractivity contribution in [3.05, 3.63) is 59.7 Å². The largest absolute Gasteiger partial charge is 0.493 e. The molecule has 0 aliphatic heterocycles. The summed E-state index contributed by atoms with van der Waals surface area (Å²) < 4.78 is 16.4. The third-order valence-electron chi connectivity index (χ3n) is 3.31. The Hall–Kier alpha value is -2.73. The summed E-state index contributed by atoms with van der Waals surface area (Å²) in [5.41, 5.74) is 0. The van der Waals surface area contributed by atoms with Crippen molar-refractivity contribution in [1.29, 1.82) is 0 Å². The zero-order valence-corrected chi connectivity index (χ0v) is 14.0. The van der Waals surface area contributed by atoms with Crippen molar-refractivity contribution in [2.24, 2.45) is 0 Å². The molecule has 3 rings (SSSR count). The van der Waals surface area contributed by atoms with Gasteiger partial charge in [0.05, 0.1) is 18.5 Å². The number of para-hydroxylation sites is 2. The summed E-state index contributed by atoms with van der Waals surface area (Å²) in [5, 5.41) is 4.76. The molecule has 1 aromatic carbocycles. The van der Waals surface area contributed by atoms with Crippen molar-refractivity contribution >= 4 is 17.2 Å². The Morgan fingerprint density at radius 1 is 1.12 bits per heavy atom. The molecule has 124 valence electrons. The molecule has 6 heteroatoms. The smallest absolute Gasteiger partial charge is 0.258 e. The number of ether oxygens (including phenoxy) is 2. The van der Waals surface area contributed by atoms with E-state index in [1.54, 1.807) is 30.6 Å². The van der Waals surface area contributed by atoms with Crippen LogP contribution in [0, 0.1) is 0 Å². The number of rotatable bonds is 7. The summed E-state index contributed by atoms with van der Waals surface area (Å²) in [5.74, 6) is 2.41. The number of furan rings is 1. The van der Waals surface area contributed by atoms with Crippen LogP contribution in [0.4, 0.5) is 0 Å². The zero-order valence-electron chi connectivity index (χ0n) is 13.2. The van der Waals surface area contributed by atoms with Gasteiger partial charge in [0.1, 0.15) is 11.5 Å². The third-order valence-corrected chi connectivity index (χ3v) is 4.20. The lowest BCUT2D eigenvalue weighted by Crippen LogP contribution is -2.28. The van der Waals surface area contributed by atoms with Gasteiger partial charge in [-0.1, -0.05) is 18.2 Å². The van der Waals surface area contributed by atoms with E-state index in [9.17, 15) is 4.79 Å². The lowest BCUT2D eigenvalue weighted by Gasteiger charge is -2.10. The van der Waals surface area contributed by atoms with Gasteiger partial charge < -0.3 is 19.2 Å². The number of amides is 1. The topological polar surface area (TPSA) is 60.7 Å². The molecule has 1 N–H and O–H groups in total. The number of carbonyl (C=O) groups excluding carboxylic acids is 1. The van der Waals surface area contributed by atoms with Crippen LogP contribution >= 0.6 is 11.3 Å². The number of hydrogen-bond acceptors (Lipinski definition) is 5. The molecule has 0 saturated heterocycles. The molecule has 2 heterocycles. The predicted octanol–water partition coefficient (Wildman–Crippen LogP) is 3.71. The van der Waals surface area contributed by atoms with Gasteiger partial charge in [-0.3, -0.25) is 4.79 Å². The molecular formula is C18H17NO4S. The Morgan fingerprint density at radius 3 is 2.71 bits per heavy atom. The van der Waals surface area contributed by atoms with Crippen LogP contribution in [-0.2, 0) is 11.3 Å². The number of methoxy groups -OCH3 is 1. The van der Waals surface area contributed by atoms with Crippen molar-refractivity contribution in [2.45, 2.75) is 6.54 Å². The fourth-order valence-corrected chi connectivity index (χ4v) is 2.83. The number of hydrogen-bond donors (Lipinski definition) is 1. The van der Waals surface area contributed by atoms with Crippen LogP contribution in [0.2, 0.25) is 0 Å². The first-order valence-electron chi connectivity index (χ1n) is 7.41. The van der Waals surface area contributed by atoms with Crippen LogP contribution < -0.4 is 14.8 Å². The average Bonchev–Trinajstić information content (AvgIpc) is 3.29. The minimum atomic E-state index is -0.227. The summed E-state index contributed by atoms with van der Waals surface area (Å²) in [7, 11) is 1.56. The Kier molecular flexibility index (Phi) is 5.18. The van der Waals surface area contributed by atoms with Crippen molar-refractivity contribution in [2.75, 3.05) is 13.7 Å². The second kappa shape index (κ2) is 7.70. The highest BCUT2D eigenvalue weighted by atomic mass is 32.1. The molecule has 3 aromatic rings. The van der Waals surface area contributed by atoms with Gasteiger partial charge in [-0.15, -0.1) is 11.3 Å². The maximum atomic E-state index is 11.9. The molecule has 0 aliphatic carbocycles. The molecule has 0 aliphatic rings. The minimum Gasteiger partial charge on any atom is -0.493 e. The molecule has 0 fully saturated rings. The first-order valence-corrected chi connectivity index (χ1v) is 8.29. The Bertz CT molecular complexity index is 795. The molecule has 0 unspecified atom stereocenters. The molecule has 1 amide bonds. The number of benzene rings is 1. The van der Waals surface area contributed by atoms with E-state index in [0.717, 1.165) is 10.6 Å². The molecule has 0 saturated carbocycles. The van der Waals surface area contributed by atoms with E-state index >= 15 is 0 Å². The monoisotopic (exact) mass is 343 g/mol. The van der Waals surface area contributed by atoms with Crippen LogP contribution in [0.5, 0.6) is 11.5 Å². The fourth-order valence-electron chi connectivity index (χ4n) is 2.14. The van der Waals surface area contributed by atoms with Crippen LogP contribution in [-0.4, -0.2) is 19.6 Å². The molecule has 24 heavy (non-hydrogen) atoms. The highest BCUT2D eigenvalue weighted by Crippen LogP contribution is 2.27. The van der Waals surface area contributed by atoms with Crippen LogP contribution in [0.15, 0.2) is 58.3 Å². The normalized spacial score (nSPS) is 10.4. The summed E-state index contributed by atoms with van der Waals surface area (Å²) in [4.78, 5) is 13.0. The Morgan fingerprint density at radius 2 is 1.96 bits per heavy atom. The second-order valence-corrected chi connectivity index (χ2v) is 5.91. The van der Waals surface area contributed by atoms with E-state index < -0.39 is 0 Å². The molecule has 2 aromatic heterocycles. The van der Waals surface area contributed by atoms with Crippen LogP contribution in [0.1, 0.15) is 5.76 Å². The van der Waals surface area contributed by atoms with Gasteiger partial charge in [-0.05, 0) is 35.7 Å². The SMILES string of the molecule is COc1ccccc1OCC(=O)NCc1ccc(-c2cccs2)o1. The zero-order chi connectivity index (χ0) is 16.8.